The number of carbonyl (C=O) groups excluding carboxylic acids is 1. The molecule has 1 saturated carbocycles. The highest BCUT2D eigenvalue weighted by molar-refractivity contribution is 6.33. The Hall–Kier alpha value is -1.59. The lowest BCUT2D eigenvalue weighted by atomic mass is 9.88. The zero-order chi connectivity index (χ0) is 19.8. The minimum atomic E-state index is -0.360. The number of likely N-dealkylation sites (tertiary alicyclic amines) is 1. The number of hydrogen-bond donors (Lipinski definition) is 1. The summed E-state index contributed by atoms with van der Waals surface area (Å²) in [5.74, 6) is 1.24. The van der Waals surface area contributed by atoms with Crippen LogP contribution in [-0.4, -0.2) is 48.1 Å². The topological polar surface area (TPSA) is 54.5 Å². The number of piperidine rings is 1. The molecule has 28 heavy (non-hydrogen) atoms. The Kier molecular flexibility index (Phi) is 8.16. The number of halogens is 1. The van der Waals surface area contributed by atoms with Gasteiger partial charge < -0.3 is 15.0 Å². The average Bonchev–Trinajstić information content (AvgIpc) is 2.70. The van der Waals surface area contributed by atoms with Gasteiger partial charge in [0.15, 0.2) is 0 Å². The average molecular weight is 406 g/mol. The summed E-state index contributed by atoms with van der Waals surface area (Å²) in [5, 5.41) is 4.11. The highest BCUT2D eigenvalue weighted by atomic mass is 35.5. The van der Waals surface area contributed by atoms with Crippen molar-refractivity contribution in [1.82, 2.24) is 9.88 Å². The van der Waals surface area contributed by atoms with E-state index in [1.54, 1.807) is 19.2 Å². The zero-order valence-electron chi connectivity index (χ0n) is 16.8. The first-order valence-corrected chi connectivity index (χ1v) is 11.0. The quantitative estimate of drug-likeness (QED) is 0.523. The number of carbonyl (C=O) groups is 1. The van der Waals surface area contributed by atoms with Crippen LogP contribution in [0.4, 0.5) is 5.82 Å². The maximum atomic E-state index is 11.4. The third-order valence-corrected chi connectivity index (χ3v) is 5.94. The summed E-state index contributed by atoms with van der Waals surface area (Å²) < 4.78 is 4.89. The molecule has 5 nitrogen and oxygen atoms in total. The Morgan fingerprint density at radius 3 is 2.89 bits per heavy atom. The van der Waals surface area contributed by atoms with Gasteiger partial charge in [0.1, 0.15) is 5.82 Å². The van der Waals surface area contributed by atoms with Crippen molar-refractivity contribution in [2.45, 2.75) is 57.9 Å². The number of anilines is 1. The van der Waals surface area contributed by atoms with Gasteiger partial charge in [-0.3, -0.25) is 0 Å². The number of hydrogen-bond acceptors (Lipinski definition) is 5. The largest absolute Gasteiger partial charge is 0.463 e. The number of aromatic nitrogens is 1. The van der Waals surface area contributed by atoms with Crippen LogP contribution in [0.2, 0.25) is 5.02 Å². The van der Waals surface area contributed by atoms with Gasteiger partial charge in [-0.1, -0.05) is 30.9 Å². The fraction of sp³-hybridized carbons (Fsp3) is 0.636. The molecule has 0 spiro atoms. The second-order valence-corrected chi connectivity index (χ2v) is 8.34. The summed E-state index contributed by atoms with van der Waals surface area (Å²) in [6.07, 6.45) is 14.1. The van der Waals surface area contributed by atoms with E-state index in [-0.39, 0.29) is 5.97 Å². The molecule has 1 saturated heterocycles. The summed E-state index contributed by atoms with van der Waals surface area (Å²) in [6, 6.07) is 2.21. The van der Waals surface area contributed by atoms with E-state index in [2.05, 4.69) is 15.2 Å². The second kappa shape index (κ2) is 10.8. The molecule has 0 radical (unpaired) electrons. The predicted molar refractivity (Wildman–Crippen MR) is 115 cm³/mol. The molecule has 1 aliphatic heterocycles. The molecule has 2 aliphatic rings. The van der Waals surface area contributed by atoms with Crippen LogP contribution in [0.1, 0.15) is 57.4 Å². The molecule has 1 aromatic heterocycles. The van der Waals surface area contributed by atoms with Crippen LogP contribution in [0, 0.1) is 5.92 Å². The highest BCUT2D eigenvalue weighted by Crippen LogP contribution is 2.27. The third-order valence-electron chi connectivity index (χ3n) is 5.65. The summed E-state index contributed by atoms with van der Waals surface area (Å²) in [6.45, 7) is 5.64. The van der Waals surface area contributed by atoms with Crippen molar-refractivity contribution < 1.29 is 9.53 Å². The van der Waals surface area contributed by atoms with Gasteiger partial charge in [-0.25, -0.2) is 9.78 Å². The van der Waals surface area contributed by atoms with Crippen LogP contribution < -0.4 is 5.32 Å². The third kappa shape index (κ3) is 6.49. The van der Waals surface area contributed by atoms with Crippen LogP contribution in [-0.2, 0) is 9.53 Å². The standard InChI is InChI=1S/C22H32ClN3O2/c1-2-28-21(27)11-10-18-13-20(23)22(24-14-18)25-19-9-6-12-26(16-19)15-17-7-4-3-5-8-17/h10-11,13-14,17,19H,2-9,12,15-16H2,1H3,(H,24,25)/b11-10+/t19-/m1/s1. The first-order chi connectivity index (χ1) is 13.6. The van der Waals surface area contributed by atoms with Crippen molar-refractivity contribution in [3.63, 3.8) is 0 Å². The van der Waals surface area contributed by atoms with E-state index in [0.717, 1.165) is 30.3 Å². The molecular weight excluding hydrogens is 374 g/mol. The van der Waals surface area contributed by atoms with E-state index in [0.29, 0.717) is 17.7 Å². The normalized spacial score (nSPS) is 21.7. The minimum absolute atomic E-state index is 0.360. The second-order valence-electron chi connectivity index (χ2n) is 7.93. The Morgan fingerprint density at radius 2 is 2.14 bits per heavy atom. The summed E-state index contributed by atoms with van der Waals surface area (Å²) in [4.78, 5) is 18.5. The molecule has 154 valence electrons. The number of nitrogens with one attached hydrogen (secondary N) is 1. The molecule has 0 aromatic carbocycles. The van der Waals surface area contributed by atoms with Gasteiger partial charge >= 0.3 is 5.97 Å². The minimum Gasteiger partial charge on any atom is -0.463 e. The number of esters is 1. The van der Waals surface area contributed by atoms with Gasteiger partial charge in [-0.05, 0) is 62.8 Å². The maximum Gasteiger partial charge on any atom is 0.330 e. The van der Waals surface area contributed by atoms with E-state index in [1.165, 1.54) is 57.7 Å². The number of nitrogens with zero attached hydrogens (tertiary/aromatic N) is 2. The molecule has 0 bridgehead atoms. The molecule has 1 aromatic rings. The number of ether oxygens (including phenoxy) is 1. The van der Waals surface area contributed by atoms with Gasteiger partial charge in [0.05, 0.1) is 11.6 Å². The van der Waals surface area contributed by atoms with Gasteiger partial charge in [-0.2, -0.15) is 0 Å². The fourth-order valence-corrected chi connectivity index (χ4v) is 4.50. The zero-order valence-corrected chi connectivity index (χ0v) is 17.6. The van der Waals surface area contributed by atoms with Crippen LogP contribution >= 0.6 is 11.6 Å². The first kappa shape index (κ1) is 21.1. The Labute approximate surface area is 173 Å². The number of pyridine rings is 1. The number of rotatable bonds is 7. The molecule has 1 atom stereocenters. The van der Waals surface area contributed by atoms with Crippen LogP contribution in [0.15, 0.2) is 18.3 Å². The molecule has 2 fully saturated rings. The van der Waals surface area contributed by atoms with E-state index in [4.69, 9.17) is 16.3 Å². The molecule has 1 N–H and O–H groups in total. The smallest absolute Gasteiger partial charge is 0.330 e. The van der Waals surface area contributed by atoms with Crippen LogP contribution in [0.5, 0.6) is 0 Å². The lowest BCUT2D eigenvalue weighted by Gasteiger charge is -2.36. The Bertz CT molecular complexity index is 674. The Morgan fingerprint density at radius 1 is 1.32 bits per heavy atom. The van der Waals surface area contributed by atoms with Crippen molar-refractivity contribution >= 4 is 29.5 Å². The van der Waals surface area contributed by atoms with E-state index >= 15 is 0 Å². The van der Waals surface area contributed by atoms with Gasteiger partial charge in [0, 0.05) is 31.4 Å². The maximum absolute atomic E-state index is 11.4. The van der Waals surface area contributed by atoms with Crippen molar-refractivity contribution in [2.75, 3.05) is 31.6 Å². The molecule has 6 heteroatoms. The van der Waals surface area contributed by atoms with Gasteiger partial charge in [0.2, 0.25) is 0 Å². The van der Waals surface area contributed by atoms with Crippen molar-refractivity contribution in [1.29, 1.82) is 0 Å². The summed E-state index contributed by atoms with van der Waals surface area (Å²) >= 11 is 6.43. The van der Waals surface area contributed by atoms with Crippen molar-refractivity contribution in [3.8, 4) is 0 Å². The summed E-state index contributed by atoms with van der Waals surface area (Å²) in [7, 11) is 0. The SMILES string of the molecule is CCOC(=O)/C=C/c1cnc(N[C@@H]2CCCN(CC3CCCCC3)C2)c(Cl)c1. The van der Waals surface area contributed by atoms with E-state index in [1.807, 2.05) is 6.07 Å². The van der Waals surface area contributed by atoms with E-state index < -0.39 is 0 Å². The highest BCUT2D eigenvalue weighted by Gasteiger charge is 2.24. The monoisotopic (exact) mass is 405 g/mol. The first-order valence-electron chi connectivity index (χ1n) is 10.6. The molecule has 0 amide bonds. The summed E-state index contributed by atoms with van der Waals surface area (Å²) in [5.41, 5.74) is 0.783. The molecule has 1 aliphatic carbocycles. The molecule has 0 unspecified atom stereocenters. The van der Waals surface area contributed by atoms with Gasteiger partial charge in [-0.15, -0.1) is 0 Å². The molecule has 3 rings (SSSR count). The predicted octanol–water partition coefficient (Wildman–Crippen LogP) is 4.77. The molecule has 2 heterocycles. The fourth-order valence-electron chi connectivity index (χ4n) is 4.27. The lowest BCUT2D eigenvalue weighted by molar-refractivity contribution is -0.137. The Balaban J connectivity index is 1.53. The van der Waals surface area contributed by atoms with E-state index in [9.17, 15) is 4.79 Å². The molecular formula is C22H32ClN3O2. The van der Waals surface area contributed by atoms with Crippen molar-refractivity contribution in [3.05, 3.63) is 28.9 Å². The van der Waals surface area contributed by atoms with Crippen molar-refractivity contribution in [2.24, 2.45) is 5.92 Å². The lowest BCUT2D eigenvalue weighted by Crippen LogP contribution is -2.44. The van der Waals surface area contributed by atoms with Crippen LogP contribution in [0.25, 0.3) is 6.08 Å². The van der Waals surface area contributed by atoms with Crippen LogP contribution in [0.3, 0.4) is 0 Å². The van der Waals surface area contributed by atoms with Gasteiger partial charge in [0.25, 0.3) is 0 Å².